The van der Waals surface area contributed by atoms with Gasteiger partial charge in [-0.05, 0) is 31.5 Å². The van der Waals surface area contributed by atoms with Gasteiger partial charge in [-0.1, -0.05) is 53.2 Å². The molecule has 0 fully saturated rings. The molecule has 0 bridgehead atoms. The van der Waals surface area contributed by atoms with Crippen LogP contribution in [0.15, 0.2) is 59.1 Å². The Kier molecular flexibility index (Phi) is 3.46. The lowest BCUT2D eigenvalue weighted by Gasteiger charge is -2.02. The lowest BCUT2D eigenvalue weighted by atomic mass is 10.0. The fourth-order valence-electron chi connectivity index (χ4n) is 2.62. The van der Waals surface area contributed by atoms with Crippen LogP contribution in [0.3, 0.4) is 0 Å². The molecule has 0 aliphatic heterocycles. The fraction of sp³-hybridized carbons (Fsp3) is 0.105. The predicted octanol–water partition coefficient (Wildman–Crippen LogP) is 4.41. The minimum Gasteiger partial charge on any atom is -0.332 e. The van der Waals surface area contributed by atoms with Crippen molar-refractivity contribution >= 4 is 0 Å². The molecular formula is C19H16N4O. The zero-order chi connectivity index (χ0) is 16.5. The van der Waals surface area contributed by atoms with Crippen LogP contribution in [0.4, 0.5) is 0 Å². The average Bonchev–Trinajstić information content (AvgIpc) is 3.27. The van der Waals surface area contributed by atoms with Gasteiger partial charge in [-0.15, -0.1) is 0 Å². The summed E-state index contributed by atoms with van der Waals surface area (Å²) in [6, 6.07) is 18.0. The molecule has 118 valence electrons. The summed E-state index contributed by atoms with van der Waals surface area (Å²) in [5.74, 6) is 0.992. The number of aromatic amines is 1. The first-order chi connectivity index (χ1) is 11.7. The van der Waals surface area contributed by atoms with E-state index in [1.807, 2.05) is 36.4 Å². The van der Waals surface area contributed by atoms with E-state index < -0.39 is 0 Å². The van der Waals surface area contributed by atoms with Crippen molar-refractivity contribution in [1.29, 1.82) is 0 Å². The van der Waals surface area contributed by atoms with E-state index in [9.17, 15) is 0 Å². The van der Waals surface area contributed by atoms with Gasteiger partial charge >= 0.3 is 0 Å². The molecule has 0 aliphatic rings. The van der Waals surface area contributed by atoms with E-state index in [2.05, 4.69) is 52.4 Å². The SMILES string of the molecule is Cc1ccc(C)c(-c2cc(-c3nc(-c4ccccc4)no3)[nH]n2)c1. The van der Waals surface area contributed by atoms with Crippen LogP contribution in [0, 0.1) is 13.8 Å². The van der Waals surface area contributed by atoms with Crippen molar-refractivity contribution in [2.24, 2.45) is 0 Å². The van der Waals surface area contributed by atoms with E-state index in [0.29, 0.717) is 17.4 Å². The topological polar surface area (TPSA) is 67.6 Å². The third kappa shape index (κ3) is 2.60. The first-order valence-corrected chi connectivity index (χ1v) is 7.73. The Balaban J connectivity index is 1.68. The molecule has 0 atom stereocenters. The number of hydrogen-bond acceptors (Lipinski definition) is 4. The molecule has 0 spiro atoms. The summed E-state index contributed by atoms with van der Waals surface area (Å²) in [5.41, 5.74) is 5.96. The summed E-state index contributed by atoms with van der Waals surface area (Å²) >= 11 is 0. The van der Waals surface area contributed by atoms with E-state index in [-0.39, 0.29) is 0 Å². The van der Waals surface area contributed by atoms with Crippen LogP contribution in [0.5, 0.6) is 0 Å². The van der Waals surface area contributed by atoms with Crippen molar-refractivity contribution < 1.29 is 4.52 Å². The largest absolute Gasteiger partial charge is 0.332 e. The van der Waals surface area contributed by atoms with E-state index in [0.717, 1.165) is 16.8 Å². The Morgan fingerprint density at radius 3 is 2.62 bits per heavy atom. The predicted molar refractivity (Wildman–Crippen MR) is 92.2 cm³/mol. The van der Waals surface area contributed by atoms with Crippen LogP contribution in [0.2, 0.25) is 0 Å². The maximum absolute atomic E-state index is 5.38. The van der Waals surface area contributed by atoms with E-state index in [1.54, 1.807) is 0 Å². The maximum atomic E-state index is 5.38. The molecule has 5 nitrogen and oxygen atoms in total. The molecular weight excluding hydrogens is 300 g/mol. The first-order valence-electron chi connectivity index (χ1n) is 7.73. The zero-order valence-corrected chi connectivity index (χ0v) is 13.4. The highest BCUT2D eigenvalue weighted by Gasteiger charge is 2.14. The van der Waals surface area contributed by atoms with Crippen molar-refractivity contribution in [2.75, 3.05) is 0 Å². The molecule has 2 heterocycles. The molecule has 5 heteroatoms. The Morgan fingerprint density at radius 1 is 0.958 bits per heavy atom. The summed E-state index contributed by atoms with van der Waals surface area (Å²) in [5, 5.41) is 11.4. The van der Waals surface area contributed by atoms with E-state index in [1.165, 1.54) is 11.1 Å². The highest BCUT2D eigenvalue weighted by molar-refractivity contribution is 5.68. The van der Waals surface area contributed by atoms with Crippen LogP contribution in [0.25, 0.3) is 34.2 Å². The van der Waals surface area contributed by atoms with Crippen molar-refractivity contribution in [3.05, 3.63) is 65.7 Å². The van der Waals surface area contributed by atoms with Gasteiger partial charge in [0.2, 0.25) is 5.82 Å². The quantitative estimate of drug-likeness (QED) is 0.608. The molecule has 0 saturated carbocycles. The monoisotopic (exact) mass is 316 g/mol. The van der Waals surface area contributed by atoms with Gasteiger partial charge in [0.15, 0.2) is 0 Å². The lowest BCUT2D eigenvalue weighted by molar-refractivity contribution is 0.431. The van der Waals surface area contributed by atoms with Crippen LogP contribution in [-0.2, 0) is 0 Å². The van der Waals surface area contributed by atoms with E-state index >= 15 is 0 Å². The Hall–Kier alpha value is -3.21. The first kappa shape index (κ1) is 14.4. The number of aryl methyl sites for hydroxylation is 2. The highest BCUT2D eigenvalue weighted by Crippen LogP contribution is 2.27. The zero-order valence-electron chi connectivity index (χ0n) is 13.4. The lowest BCUT2D eigenvalue weighted by Crippen LogP contribution is -1.84. The van der Waals surface area contributed by atoms with Crippen LogP contribution in [-0.4, -0.2) is 20.3 Å². The van der Waals surface area contributed by atoms with Gasteiger partial charge in [0.05, 0.1) is 5.69 Å². The number of benzene rings is 2. The average molecular weight is 316 g/mol. The summed E-state index contributed by atoms with van der Waals surface area (Å²) in [6.07, 6.45) is 0. The second kappa shape index (κ2) is 5.77. The molecule has 2 aromatic carbocycles. The van der Waals surface area contributed by atoms with Gasteiger partial charge in [0.1, 0.15) is 5.69 Å². The molecule has 0 amide bonds. The minimum atomic E-state index is 0.429. The molecule has 4 rings (SSSR count). The molecule has 4 aromatic rings. The molecule has 0 saturated heterocycles. The molecule has 0 unspecified atom stereocenters. The number of hydrogen-bond donors (Lipinski definition) is 1. The van der Waals surface area contributed by atoms with Gasteiger partial charge < -0.3 is 4.52 Å². The van der Waals surface area contributed by atoms with Gasteiger partial charge in [-0.25, -0.2) is 0 Å². The molecule has 24 heavy (non-hydrogen) atoms. The summed E-state index contributed by atoms with van der Waals surface area (Å²) in [6.45, 7) is 4.14. The standard InChI is InChI=1S/C19H16N4O/c1-12-8-9-13(2)15(10-12)16-11-17(22-21-16)19-20-18(23-24-19)14-6-4-3-5-7-14/h3-11H,1-2H3,(H,21,22). The van der Waals surface area contributed by atoms with Gasteiger partial charge in [-0.2, -0.15) is 10.1 Å². The number of nitrogens with zero attached hydrogens (tertiary/aromatic N) is 3. The molecule has 0 radical (unpaired) electrons. The van der Waals surface area contributed by atoms with Crippen molar-refractivity contribution in [1.82, 2.24) is 20.3 Å². The van der Waals surface area contributed by atoms with E-state index in [4.69, 9.17) is 4.52 Å². The fourth-order valence-corrected chi connectivity index (χ4v) is 2.62. The van der Waals surface area contributed by atoms with Gasteiger partial charge in [-0.3, -0.25) is 5.10 Å². The van der Waals surface area contributed by atoms with Crippen molar-refractivity contribution in [3.63, 3.8) is 0 Å². The summed E-state index contributed by atoms with van der Waals surface area (Å²) < 4.78 is 5.38. The van der Waals surface area contributed by atoms with Gasteiger partial charge in [0, 0.05) is 11.1 Å². The number of rotatable bonds is 3. The van der Waals surface area contributed by atoms with Crippen molar-refractivity contribution in [3.8, 4) is 34.2 Å². The Bertz CT molecular complexity index is 986. The van der Waals surface area contributed by atoms with Crippen molar-refractivity contribution in [2.45, 2.75) is 13.8 Å². The molecule has 2 aromatic heterocycles. The molecule has 0 aliphatic carbocycles. The Morgan fingerprint density at radius 2 is 1.79 bits per heavy atom. The number of aromatic nitrogens is 4. The molecule has 1 N–H and O–H groups in total. The number of H-pyrrole nitrogens is 1. The van der Waals surface area contributed by atoms with Crippen LogP contribution < -0.4 is 0 Å². The summed E-state index contributed by atoms with van der Waals surface area (Å²) in [7, 11) is 0. The minimum absolute atomic E-state index is 0.429. The summed E-state index contributed by atoms with van der Waals surface area (Å²) in [4.78, 5) is 4.45. The third-order valence-electron chi connectivity index (χ3n) is 3.94. The second-order valence-electron chi connectivity index (χ2n) is 5.77. The third-order valence-corrected chi connectivity index (χ3v) is 3.94. The maximum Gasteiger partial charge on any atom is 0.276 e. The van der Waals surface area contributed by atoms with Gasteiger partial charge in [0.25, 0.3) is 5.89 Å². The normalized spacial score (nSPS) is 10.9. The number of nitrogens with one attached hydrogen (secondary N) is 1. The van der Waals surface area contributed by atoms with Crippen LogP contribution in [0.1, 0.15) is 11.1 Å². The van der Waals surface area contributed by atoms with Crippen LogP contribution >= 0.6 is 0 Å². The Labute approximate surface area is 139 Å². The highest BCUT2D eigenvalue weighted by atomic mass is 16.5. The smallest absolute Gasteiger partial charge is 0.276 e. The second-order valence-corrected chi connectivity index (χ2v) is 5.77.